The fraction of sp³-hybridized carbons (Fsp3) is 1.00. The molecule has 0 bridgehead atoms. The predicted molar refractivity (Wildman–Crippen MR) is 67.7 cm³/mol. The van der Waals surface area contributed by atoms with Crippen molar-refractivity contribution in [2.75, 3.05) is 24.6 Å². The Morgan fingerprint density at radius 3 is 2.35 bits per heavy atom. The van der Waals surface area contributed by atoms with Gasteiger partial charge in [-0.1, -0.05) is 12.8 Å². The van der Waals surface area contributed by atoms with Crippen molar-refractivity contribution in [1.82, 2.24) is 5.32 Å². The maximum Gasteiger partial charge on any atom is 0.153 e. The first-order valence-corrected chi connectivity index (χ1v) is 8.45. The van der Waals surface area contributed by atoms with Crippen molar-refractivity contribution in [3.05, 3.63) is 0 Å². The van der Waals surface area contributed by atoms with Gasteiger partial charge >= 0.3 is 0 Å². The zero-order chi connectivity index (χ0) is 12.4. The van der Waals surface area contributed by atoms with Crippen molar-refractivity contribution in [2.45, 2.75) is 44.1 Å². The molecule has 2 fully saturated rings. The van der Waals surface area contributed by atoms with Gasteiger partial charge in [0.2, 0.25) is 0 Å². The van der Waals surface area contributed by atoms with Crippen LogP contribution in [0.25, 0.3) is 0 Å². The normalized spacial score (nSPS) is 26.2. The highest BCUT2D eigenvalue weighted by Crippen LogP contribution is 2.28. The van der Waals surface area contributed by atoms with Crippen LogP contribution in [-0.2, 0) is 9.84 Å². The van der Waals surface area contributed by atoms with E-state index in [2.05, 4.69) is 5.32 Å². The van der Waals surface area contributed by atoms with Crippen molar-refractivity contribution < 1.29 is 13.5 Å². The third-order valence-corrected chi connectivity index (χ3v) is 5.94. The molecule has 0 aromatic heterocycles. The second kappa shape index (κ2) is 5.24. The van der Waals surface area contributed by atoms with Gasteiger partial charge in [-0.2, -0.15) is 0 Å². The Morgan fingerprint density at radius 2 is 1.76 bits per heavy atom. The lowest BCUT2D eigenvalue weighted by Gasteiger charge is -2.32. The molecule has 0 radical (unpaired) electrons. The van der Waals surface area contributed by atoms with Crippen molar-refractivity contribution in [3.8, 4) is 0 Å². The second-order valence-electron chi connectivity index (χ2n) is 5.68. The molecule has 0 aromatic rings. The van der Waals surface area contributed by atoms with E-state index in [1.165, 1.54) is 0 Å². The number of aliphatic hydroxyl groups is 1. The van der Waals surface area contributed by atoms with Gasteiger partial charge in [0.05, 0.1) is 17.1 Å². The monoisotopic (exact) mass is 261 g/mol. The Kier molecular flexibility index (Phi) is 4.10. The van der Waals surface area contributed by atoms with Gasteiger partial charge in [0.15, 0.2) is 9.84 Å². The first-order chi connectivity index (χ1) is 7.99. The highest BCUT2D eigenvalue weighted by Gasteiger charge is 2.35. The standard InChI is InChI=1S/C12H23NO3S/c14-12(5-7-13-8-6-12)10-17(15,16)9-11-3-1-2-4-11/h11,13-14H,1-10H2. The first kappa shape index (κ1) is 13.3. The van der Waals surface area contributed by atoms with Gasteiger partial charge in [0.1, 0.15) is 0 Å². The Balaban J connectivity index is 1.91. The van der Waals surface area contributed by atoms with E-state index in [1.54, 1.807) is 0 Å². The average Bonchev–Trinajstić information content (AvgIpc) is 2.68. The molecule has 0 unspecified atom stereocenters. The average molecular weight is 261 g/mol. The lowest BCUT2D eigenvalue weighted by Crippen LogP contribution is -2.47. The molecule has 0 aromatic carbocycles. The van der Waals surface area contributed by atoms with E-state index in [4.69, 9.17) is 0 Å². The molecule has 2 rings (SSSR count). The zero-order valence-electron chi connectivity index (χ0n) is 10.3. The molecule has 100 valence electrons. The predicted octanol–water partition coefficient (Wildman–Crippen LogP) is 0.706. The second-order valence-corrected chi connectivity index (χ2v) is 7.79. The zero-order valence-corrected chi connectivity index (χ0v) is 11.1. The highest BCUT2D eigenvalue weighted by molar-refractivity contribution is 7.91. The lowest BCUT2D eigenvalue weighted by molar-refractivity contribution is 0.0323. The van der Waals surface area contributed by atoms with Crippen LogP contribution in [0.15, 0.2) is 0 Å². The molecule has 0 atom stereocenters. The van der Waals surface area contributed by atoms with Crippen LogP contribution in [0.4, 0.5) is 0 Å². The quantitative estimate of drug-likeness (QED) is 0.782. The summed E-state index contributed by atoms with van der Waals surface area (Å²) < 4.78 is 24.2. The summed E-state index contributed by atoms with van der Waals surface area (Å²) in [6.07, 6.45) is 5.51. The number of hydrogen-bond acceptors (Lipinski definition) is 4. The van der Waals surface area contributed by atoms with Crippen LogP contribution in [-0.4, -0.2) is 43.7 Å². The molecule has 1 heterocycles. The summed E-state index contributed by atoms with van der Waals surface area (Å²) >= 11 is 0. The molecule has 4 nitrogen and oxygen atoms in total. The van der Waals surface area contributed by atoms with Crippen molar-refractivity contribution >= 4 is 9.84 Å². The van der Waals surface area contributed by atoms with E-state index >= 15 is 0 Å². The highest BCUT2D eigenvalue weighted by atomic mass is 32.2. The Bertz CT molecular complexity index is 341. The SMILES string of the molecule is O=S(=O)(CC1CCCC1)CC1(O)CCNCC1. The summed E-state index contributed by atoms with van der Waals surface area (Å²) in [7, 11) is -3.10. The van der Waals surface area contributed by atoms with Gasteiger partial charge in [0, 0.05) is 0 Å². The molecule has 1 saturated carbocycles. The van der Waals surface area contributed by atoms with Gasteiger partial charge in [-0.15, -0.1) is 0 Å². The van der Waals surface area contributed by atoms with Crippen molar-refractivity contribution in [2.24, 2.45) is 5.92 Å². The van der Waals surface area contributed by atoms with E-state index in [-0.39, 0.29) is 11.5 Å². The third kappa shape index (κ3) is 3.93. The maximum atomic E-state index is 12.1. The number of hydrogen-bond donors (Lipinski definition) is 2. The lowest BCUT2D eigenvalue weighted by atomic mass is 9.95. The van der Waals surface area contributed by atoms with E-state index in [1.807, 2.05) is 0 Å². The minimum atomic E-state index is -3.10. The first-order valence-electron chi connectivity index (χ1n) is 6.63. The fourth-order valence-electron chi connectivity index (χ4n) is 3.04. The Labute approximate surface area is 104 Å². The summed E-state index contributed by atoms with van der Waals surface area (Å²) in [6, 6.07) is 0. The van der Waals surface area contributed by atoms with Crippen LogP contribution in [0.5, 0.6) is 0 Å². The van der Waals surface area contributed by atoms with Crippen LogP contribution in [0.1, 0.15) is 38.5 Å². The van der Waals surface area contributed by atoms with Crippen LogP contribution in [0.3, 0.4) is 0 Å². The minimum Gasteiger partial charge on any atom is -0.389 e. The fourth-order valence-corrected chi connectivity index (χ4v) is 5.32. The molecular formula is C12H23NO3S. The summed E-state index contributed by atoms with van der Waals surface area (Å²) in [4.78, 5) is 0. The van der Waals surface area contributed by atoms with Gasteiger partial charge in [-0.25, -0.2) is 8.42 Å². The van der Waals surface area contributed by atoms with Crippen LogP contribution in [0.2, 0.25) is 0 Å². The van der Waals surface area contributed by atoms with E-state index in [0.717, 1.165) is 38.8 Å². The number of rotatable bonds is 4. The van der Waals surface area contributed by atoms with E-state index < -0.39 is 15.4 Å². The molecule has 5 heteroatoms. The molecule has 2 N–H and O–H groups in total. The van der Waals surface area contributed by atoms with Gasteiger partial charge < -0.3 is 10.4 Å². The number of piperidine rings is 1. The number of nitrogens with one attached hydrogen (secondary N) is 1. The molecule has 17 heavy (non-hydrogen) atoms. The van der Waals surface area contributed by atoms with E-state index in [0.29, 0.717) is 18.8 Å². The molecule has 1 saturated heterocycles. The van der Waals surface area contributed by atoms with Crippen LogP contribution < -0.4 is 5.32 Å². The Morgan fingerprint density at radius 1 is 1.18 bits per heavy atom. The molecule has 0 amide bonds. The van der Waals surface area contributed by atoms with Gasteiger partial charge in [-0.05, 0) is 44.7 Å². The topological polar surface area (TPSA) is 66.4 Å². The molecule has 1 aliphatic carbocycles. The smallest absolute Gasteiger partial charge is 0.153 e. The van der Waals surface area contributed by atoms with Gasteiger partial charge in [-0.3, -0.25) is 0 Å². The van der Waals surface area contributed by atoms with Gasteiger partial charge in [0.25, 0.3) is 0 Å². The Hall–Kier alpha value is -0.130. The number of sulfone groups is 1. The van der Waals surface area contributed by atoms with Crippen molar-refractivity contribution in [3.63, 3.8) is 0 Å². The molecular weight excluding hydrogens is 238 g/mol. The minimum absolute atomic E-state index is 0.0435. The summed E-state index contributed by atoms with van der Waals surface area (Å²) in [5, 5.41) is 13.4. The third-order valence-electron chi connectivity index (χ3n) is 3.99. The molecule has 0 spiro atoms. The summed E-state index contributed by atoms with van der Waals surface area (Å²) in [6.45, 7) is 1.44. The summed E-state index contributed by atoms with van der Waals surface area (Å²) in [5.41, 5.74) is -0.983. The summed E-state index contributed by atoms with van der Waals surface area (Å²) in [5.74, 6) is 0.575. The maximum absolute atomic E-state index is 12.1. The largest absolute Gasteiger partial charge is 0.389 e. The van der Waals surface area contributed by atoms with E-state index in [9.17, 15) is 13.5 Å². The van der Waals surface area contributed by atoms with Crippen LogP contribution >= 0.6 is 0 Å². The molecule has 2 aliphatic rings. The molecule has 1 aliphatic heterocycles. The van der Waals surface area contributed by atoms with Crippen molar-refractivity contribution in [1.29, 1.82) is 0 Å². The van der Waals surface area contributed by atoms with Crippen LogP contribution in [0, 0.1) is 5.92 Å².